The van der Waals surface area contributed by atoms with Gasteiger partial charge < -0.3 is 18.6 Å². The van der Waals surface area contributed by atoms with Crippen molar-refractivity contribution in [2.45, 2.75) is 57.7 Å². The highest BCUT2D eigenvalue weighted by Crippen LogP contribution is 2.69. The Labute approximate surface area is 160 Å². The highest BCUT2D eigenvalue weighted by atomic mass is 16.7. The molecule has 1 aromatic rings. The van der Waals surface area contributed by atoms with Crippen molar-refractivity contribution in [3.63, 3.8) is 0 Å². The molecule has 5 heteroatoms. The summed E-state index contributed by atoms with van der Waals surface area (Å²) in [4.78, 5) is 13.0. The minimum atomic E-state index is -0.514. The van der Waals surface area contributed by atoms with Crippen molar-refractivity contribution in [3.05, 3.63) is 23.7 Å². The van der Waals surface area contributed by atoms with Crippen molar-refractivity contribution in [3.8, 4) is 0 Å². The molecule has 1 saturated heterocycles. The summed E-state index contributed by atoms with van der Waals surface area (Å²) >= 11 is 0. The van der Waals surface area contributed by atoms with E-state index in [1.807, 2.05) is 6.26 Å². The van der Waals surface area contributed by atoms with E-state index in [4.69, 9.17) is 18.6 Å². The third-order valence-electron chi connectivity index (χ3n) is 8.60. The van der Waals surface area contributed by atoms with Gasteiger partial charge in [-0.05, 0) is 61.0 Å². The number of esters is 1. The molecule has 0 unspecified atom stereocenters. The van der Waals surface area contributed by atoms with E-state index < -0.39 is 5.41 Å². The van der Waals surface area contributed by atoms with Crippen LogP contribution >= 0.6 is 0 Å². The minimum Gasteiger partial charge on any atom is -0.469 e. The molecule has 2 heterocycles. The maximum absolute atomic E-state index is 13.0. The highest BCUT2D eigenvalue weighted by molar-refractivity contribution is 5.78. The van der Waals surface area contributed by atoms with Gasteiger partial charge in [-0.15, -0.1) is 0 Å². The lowest BCUT2D eigenvalue weighted by Gasteiger charge is -2.66. The number of hydrogen-bond donors (Lipinski definition) is 0. The van der Waals surface area contributed by atoms with E-state index in [2.05, 4.69) is 13.0 Å². The van der Waals surface area contributed by atoms with Crippen LogP contribution in [0.1, 0.15) is 56.3 Å². The number of hydrogen-bond acceptors (Lipinski definition) is 5. The summed E-state index contributed by atoms with van der Waals surface area (Å²) in [5, 5.41) is 0. The van der Waals surface area contributed by atoms with Crippen molar-refractivity contribution in [2.24, 2.45) is 28.6 Å². The Bertz CT molecular complexity index is 741. The molecule has 27 heavy (non-hydrogen) atoms. The second kappa shape index (κ2) is 6.08. The van der Waals surface area contributed by atoms with Gasteiger partial charge in [-0.3, -0.25) is 4.79 Å². The monoisotopic (exact) mass is 374 g/mol. The van der Waals surface area contributed by atoms with Crippen molar-refractivity contribution in [1.82, 2.24) is 0 Å². The van der Waals surface area contributed by atoms with E-state index in [1.165, 1.54) is 12.7 Å². The van der Waals surface area contributed by atoms with Crippen LogP contribution in [0.4, 0.5) is 0 Å². The predicted molar refractivity (Wildman–Crippen MR) is 98.0 cm³/mol. The Kier molecular flexibility index (Phi) is 4.00. The molecule has 0 aromatic carbocycles. The molecular weight excluding hydrogens is 344 g/mol. The Morgan fingerprint density at radius 1 is 1.26 bits per heavy atom. The average molecular weight is 374 g/mol. The fraction of sp³-hybridized carbons (Fsp3) is 0.773. The number of furan rings is 1. The van der Waals surface area contributed by atoms with Crippen LogP contribution in [0.2, 0.25) is 0 Å². The molecule has 148 valence electrons. The van der Waals surface area contributed by atoms with Gasteiger partial charge in [-0.25, -0.2) is 0 Å². The maximum atomic E-state index is 13.0. The molecular formula is C22H30O5. The zero-order chi connectivity index (χ0) is 18.8. The van der Waals surface area contributed by atoms with Crippen molar-refractivity contribution < 1.29 is 23.4 Å². The van der Waals surface area contributed by atoms with E-state index in [1.54, 1.807) is 7.11 Å². The third kappa shape index (κ3) is 2.10. The summed E-state index contributed by atoms with van der Waals surface area (Å²) in [5.41, 5.74) is 0.715. The Balaban J connectivity index is 1.64. The van der Waals surface area contributed by atoms with E-state index >= 15 is 0 Å². The second-order valence-corrected chi connectivity index (χ2v) is 9.18. The summed E-state index contributed by atoms with van der Waals surface area (Å²) in [6.45, 7) is 2.76. The predicted octanol–water partition coefficient (Wildman–Crippen LogP) is 3.91. The van der Waals surface area contributed by atoms with E-state index in [9.17, 15) is 4.79 Å². The zero-order valence-corrected chi connectivity index (χ0v) is 16.5. The van der Waals surface area contributed by atoms with Crippen LogP contribution in [0.5, 0.6) is 0 Å². The van der Waals surface area contributed by atoms with Crippen LogP contribution in [-0.2, 0) is 25.4 Å². The van der Waals surface area contributed by atoms with Gasteiger partial charge in [0.25, 0.3) is 0 Å². The summed E-state index contributed by atoms with van der Waals surface area (Å²) in [6, 6.07) is 2.14. The first kappa shape index (κ1) is 17.7. The normalized spacial score (nSPS) is 45.4. The Hall–Kier alpha value is -1.33. The van der Waals surface area contributed by atoms with E-state index in [0.717, 1.165) is 44.3 Å². The van der Waals surface area contributed by atoms with Crippen molar-refractivity contribution >= 4 is 5.97 Å². The first-order chi connectivity index (χ1) is 13.1. The van der Waals surface area contributed by atoms with Gasteiger partial charge in [-0.1, -0.05) is 13.3 Å². The lowest BCUT2D eigenvalue weighted by Crippen LogP contribution is -2.68. The maximum Gasteiger partial charge on any atom is 0.314 e. The quantitative estimate of drug-likeness (QED) is 0.735. The summed E-state index contributed by atoms with van der Waals surface area (Å²) in [7, 11) is 3.27. The first-order valence-electron chi connectivity index (χ1n) is 10.4. The summed E-state index contributed by atoms with van der Waals surface area (Å²) in [5.74, 6) is 2.76. The molecule has 2 saturated carbocycles. The molecule has 0 radical (unpaired) electrons. The molecule has 0 spiro atoms. The fourth-order valence-electron chi connectivity index (χ4n) is 7.62. The molecule has 5 nitrogen and oxygen atoms in total. The number of carbonyl (C=O) groups excluding carboxylic acids is 1. The van der Waals surface area contributed by atoms with Gasteiger partial charge in [0.2, 0.25) is 0 Å². The van der Waals surface area contributed by atoms with Crippen molar-refractivity contribution in [2.75, 3.05) is 20.8 Å². The third-order valence-corrected chi connectivity index (χ3v) is 8.60. The minimum absolute atomic E-state index is 0.0906. The first-order valence-corrected chi connectivity index (χ1v) is 10.4. The van der Waals surface area contributed by atoms with Gasteiger partial charge in [0.15, 0.2) is 6.29 Å². The van der Waals surface area contributed by atoms with Crippen LogP contribution in [0.15, 0.2) is 16.7 Å². The SMILES string of the molecule is COC(=O)[C@@]12CCC[C@]3([C@@H](OC)OC1)[C@H]1Cc4occc4[C@H](C)[C@@H]1CC[C@@H]23. The van der Waals surface area contributed by atoms with Gasteiger partial charge in [-0.2, -0.15) is 0 Å². The lowest BCUT2D eigenvalue weighted by molar-refractivity contribution is -0.326. The molecule has 1 aliphatic heterocycles. The fourth-order valence-corrected chi connectivity index (χ4v) is 7.62. The molecule has 1 aromatic heterocycles. The average Bonchev–Trinajstić information content (AvgIpc) is 3.16. The van der Waals surface area contributed by atoms with Crippen LogP contribution in [-0.4, -0.2) is 33.1 Å². The Morgan fingerprint density at radius 3 is 2.89 bits per heavy atom. The number of fused-ring (bicyclic) bond motifs is 2. The van der Waals surface area contributed by atoms with Crippen molar-refractivity contribution in [1.29, 1.82) is 0 Å². The van der Waals surface area contributed by atoms with Gasteiger partial charge in [0.05, 0.1) is 25.4 Å². The number of methoxy groups -OCH3 is 2. The smallest absolute Gasteiger partial charge is 0.314 e. The molecule has 5 rings (SSSR count). The largest absolute Gasteiger partial charge is 0.469 e. The molecule has 7 atom stereocenters. The molecule has 0 N–H and O–H groups in total. The highest BCUT2D eigenvalue weighted by Gasteiger charge is 2.70. The topological polar surface area (TPSA) is 57.9 Å². The number of carbonyl (C=O) groups is 1. The zero-order valence-electron chi connectivity index (χ0n) is 16.5. The lowest BCUT2D eigenvalue weighted by atomic mass is 9.41. The van der Waals surface area contributed by atoms with E-state index in [0.29, 0.717) is 24.4 Å². The van der Waals surface area contributed by atoms with Gasteiger partial charge in [0, 0.05) is 18.9 Å². The second-order valence-electron chi connectivity index (χ2n) is 9.18. The molecule has 3 aliphatic carbocycles. The number of ether oxygens (including phenoxy) is 3. The van der Waals surface area contributed by atoms with Crippen LogP contribution < -0.4 is 0 Å². The molecule has 0 amide bonds. The van der Waals surface area contributed by atoms with E-state index in [-0.39, 0.29) is 23.6 Å². The van der Waals surface area contributed by atoms with Crippen LogP contribution in [0.3, 0.4) is 0 Å². The van der Waals surface area contributed by atoms with Crippen LogP contribution in [0, 0.1) is 28.6 Å². The molecule has 2 bridgehead atoms. The molecule has 4 aliphatic rings. The number of rotatable bonds is 2. The summed E-state index contributed by atoms with van der Waals surface area (Å²) in [6.07, 6.45) is 7.65. The summed E-state index contributed by atoms with van der Waals surface area (Å²) < 4.78 is 23.4. The van der Waals surface area contributed by atoms with Crippen LogP contribution in [0.25, 0.3) is 0 Å². The Morgan fingerprint density at radius 2 is 2.11 bits per heavy atom. The van der Waals surface area contributed by atoms with Gasteiger partial charge in [0.1, 0.15) is 5.76 Å². The standard InChI is InChI=1S/C22H30O5/c1-13-14-5-6-18-21(19(23)24-2)8-4-9-22(18,20(25-3)27-12-21)16(14)11-17-15(13)7-10-26-17/h7,10,13-14,16,18,20H,4-6,8-9,11-12H2,1-3H3/t13-,14+,16+,18+,20+,21+,22+/m1/s1. The molecule has 3 fully saturated rings. The van der Waals surface area contributed by atoms with Gasteiger partial charge >= 0.3 is 5.97 Å².